The van der Waals surface area contributed by atoms with Crippen molar-refractivity contribution >= 4 is 11.6 Å². The molecule has 2 aromatic rings. The summed E-state index contributed by atoms with van der Waals surface area (Å²) >= 11 is 0. The molecule has 1 fully saturated rings. The normalized spacial score (nSPS) is 24.3. The van der Waals surface area contributed by atoms with Crippen molar-refractivity contribution in [2.24, 2.45) is 0 Å². The smallest absolute Gasteiger partial charge is 0.250 e. The number of hydrogen-bond acceptors (Lipinski definition) is 3. The molecule has 3 rings (SSSR count). The Bertz CT molecular complexity index is 720. The highest BCUT2D eigenvalue weighted by Crippen LogP contribution is 2.29. The van der Waals surface area contributed by atoms with Gasteiger partial charge in [0, 0.05) is 17.7 Å². The molecule has 1 heterocycles. The Morgan fingerprint density at radius 3 is 2.74 bits per heavy atom. The number of amides is 1. The number of carbonyl (C=O) groups excluding carboxylic acids is 1. The van der Waals surface area contributed by atoms with E-state index in [-0.39, 0.29) is 12.5 Å². The fraction of sp³-hybridized carbons (Fsp3) is 0.278. The fourth-order valence-electron chi connectivity index (χ4n) is 2.82. The number of carbonyl (C=O) groups is 1. The van der Waals surface area contributed by atoms with Crippen molar-refractivity contribution in [3.63, 3.8) is 0 Å². The van der Waals surface area contributed by atoms with Gasteiger partial charge in [-0.2, -0.15) is 0 Å². The summed E-state index contributed by atoms with van der Waals surface area (Å²) in [5.74, 6) is -0.656. The Morgan fingerprint density at radius 1 is 1.30 bits per heavy atom. The van der Waals surface area contributed by atoms with E-state index in [9.17, 15) is 9.18 Å². The second kappa shape index (κ2) is 6.01. The van der Waals surface area contributed by atoms with Crippen molar-refractivity contribution in [2.75, 3.05) is 12.3 Å². The minimum absolute atomic E-state index is 0.191. The van der Waals surface area contributed by atoms with Gasteiger partial charge < -0.3 is 15.8 Å². The first-order valence-corrected chi connectivity index (χ1v) is 7.51. The van der Waals surface area contributed by atoms with Crippen LogP contribution in [0.3, 0.4) is 0 Å². The van der Waals surface area contributed by atoms with E-state index in [2.05, 4.69) is 5.32 Å². The van der Waals surface area contributed by atoms with Crippen LogP contribution >= 0.6 is 0 Å². The number of benzene rings is 2. The Balaban J connectivity index is 1.77. The zero-order valence-electron chi connectivity index (χ0n) is 12.9. The quantitative estimate of drug-likeness (QED) is 0.855. The van der Waals surface area contributed by atoms with E-state index < -0.39 is 17.5 Å². The highest BCUT2D eigenvalue weighted by molar-refractivity contribution is 5.83. The van der Waals surface area contributed by atoms with E-state index in [4.69, 9.17) is 10.5 Å². The predicted octanol–water partition coefficient (Wildman–Crippen LogP) is 2.38. The number of hydrogen-bond donors (Lipinski definition) is 2. The van der Waals surface area contributed by atoms with Crippen LogP contribution in [0.15, 0.2) is 48.5 Å². The molecular weight excluding hydrogens is 295 g/mol. The molecule has 2 atom stereocenters. The number of rotatable bonds is 3. The number of morpholine rings is 1. The van der Waals surface area contributed by atoms with Crippen molar-refractivity contribution < 1.29 is 13.9 Å². The van der Waals surface area contributed by atoms with Gasteiger partial charge in [0.05, 0.1) is 12.1 Å². The first kappa shape index (κ1) is 15.5. The minimum Gasteiger partial charge on any atom is -0.399 e. The molecular formula is C18H19FN2O2. The average Bonchev–Trinajstić information content (AvgIpc) is 2.53. The molecule has 120 valence electrons. The lowest BCUT2D eigenvalue weighted by Gasteiger charge is -2.38. The van der Waals surface area contributed by atoms with Gasteiger partial charge in [-0.3, -0.25) is 4.79 Å². The minimum atomic E-state index is -0.927. The van der Waals surface area contributed by atoms with Crippen molar-refractivity contribution in [3.05, 3.63) is 65.5 Å². The lowest BCUT2D eigenvalue weighted by molar-refractivity contribution is -0.145. The van der Waals surface area contributed by atoms with E-state index in [0.29, 0.717) is 17.7 Å². The summed E-state index contributed by atoms with van der Waals surface area (Å²) in [5.41, 5.74) is 6.61. The lowest BCUT2D eigenvalue weighted by atomic mass is 9.89. The van der Waals surface area contributed by atoms with E-state index >= 15 is 0 Å². The summed E-state index contributed by atoms with van der Waals surface area (Å²) in [6.45, 7) is 1.93. The second-order valence-electron chi connectivity index (χ2n) is 6.05. The van der Waals surface area contributed by atoms with Gasteiger partial charge in [0.2, 0.25) is 5.91 Å². The Labute approximate surface area is 134 Å². The molecule has 1 aliphatic heterocycles. The zero-order valence-corrected chi connectivity index (χ0v) is 12.9. The number of nitrogen functional groups attached to an aromatic ring is 1. The Hall–Kier alpha value is -2.40. The van der Waals surface area contributed by atoms with Crippen LogP contribution in [0.25, 0.3) is 0 Å². The first-order chi connectivity index (χ1) is 11.0. The van der Waals surface area contributed by atoms with Crippen LogP contribution in [0, 0.1) is 5.82 Å². The standard InChI is InChI=1S/C18H19FN2O2/c1-18(14-10-13(20)7-8-15(14)19)11-23-16(17(22)21-18)9-12-5-3-2-4-6-12/h2-8,10,16H,9,11,20H2,1H3,(H,21,22)/t16?,18-/m0/s1. The van der Waals surface area contributed by atoms with Crippen LogP contribution in [0.2, 0.25) is 0 Å². The molecule has 0 aromatic heterocycles. The molecule has 1 aliphatic rings. The summed E-state index contributed by atoms with van der Waals surface area (Å²) in [5, 5.41) is 2.89. The second-order valence-corrected chi connectivity index (χ2v) is 6.05. The third kappa shape index (κ3) is 3.19. The summed E-state index contributed by atoms with van der Waals surface area (Å²) in [6.07, 6.45) is -0.0862. The van der Waals surface area contributed by atoms with Gasteiger partial charge in [-0.25, -0.2) is 4.39 Å². The zero-order chi connectivity index (χ0) is 16.4. The van der Waals surface area contributed by atoms with Crippen LogP contribution in [-0.4, -0.2) is 18.6 Å². The Kier molecular flexibility index (Phi) is 4.05. The maximum Gasteiger partial charge on any atom is 0.250 e. The Morgan fingerprint density at radius 2 is 2.04 bits per heavy atom. The first-order valence-electron chi connectivity index (χ1n) is 7.51. The van der Waals surface area contributed by atoms with Gasteiger partial charge in [-0.05, 0) is 30.7 Å². The highest BCUT2D eigenvalue weighted by atomic mass is 19.1. The summed E-state index contributed by atoms with van der Waals surface area (Å²) in [7, 11) is 0. The van der Waals surface area contributed by atoms with Crippen molar-refractivity contribution in [1.29, 1.82) is 0 Å². The van der Waals surface area contributed by atoms with Gasteiger partial charge >= 0.3 is 0 Å². The van der Waals surface area contributed by atoms with Crippen molar-refractivity contribution in [1.82, 2.24) is 5.32 Å². The molecule has 1 saturated heterocycles. The number of anilines is 1. The van der Waals surface area contributed by atoms with Gasteiger partial charge in [0.1, 0.15) is 11.9 Å². The van der Waals surface area contributed by atoms with Crippen LogP contribution in [0.4, 0.5) is 10.1 Å². The SMILES string of the molecule is C[C@@]1(c2cc(N)ccc2F)COC(Cc2ccccc2)C(=O)N1. The molecule has 2 aromatic carbocycles. The highest BCUT2D eigenvalue weighted by Gasteiger charge is 2.39. The number of nitrogens with one attached hydrogen (secondary N) is 1. The fourth-order valence-corrected chi connectivity index (χ4v) is 2.82. The molecule has 0 spiro atoms. The van der Waals surface area contributed by atoms with Crippen LogP contribution in [0.5, 0.6) is 0 Å². The molecule has 0 radical (unpaired) electrons. The molecule has 0 aliphatic carbocycles. The molecule has 1 unspecified atom stereocenters. The van der Waals surface area contributed by atoms with E-state index in [1.165, 1.54) is 18.2 Å². The molecule has 5 heteroatoms. The average molecular weight is 314 g/mol. The maximum absolute atomic E-state index is 14.1. The van der Waals surface area contributed by atoms with E-state index in [1.807, 2.05) is 30.3 Å². The maximum atomic E-state index is 14.1. The number of ether oxygens (including phenoxy) is 1. The van der Waals surface area contributed by atoms with Crippen molar-refractivity contribution in [3.8, 4) is 0 Å². The molecule has 4 nitrogen and oxygen atoms in total. The number of halogens is 1. The van der Waals surface area contributed by atoms with Crippen LogP contribution in [-0.2, 0) is 21.5 Å². The van der Waals surface area contributed by atoms with Gasteiger partial charge in [-0.15, -0.1) is 0 Å². The van der Waals surface area contributed by atoms with Crippen LogP contribution < -0.4 is 11.1 Å². The number of nitrogens with two attached hydrogens (primary N) is 1. The predicted molar refractivity (Wildman–Crippen MR) is 86.2 cm³/mol. The topological polar surface area (TPSA) is 64.3 Å². The largest absolute Gasteiger partial charge is 0.399 e. The van der Waals surface area contributed by atoms with E-state index in [1.54, 1.807) is 6.92 Å². The lowest BCUT2D eigenvalue weighted by Crippen LogP contribution is -2.57. The van der Waals surface area contributed by atoms with Crippen LogP contribution in [0.1, 0.15) is 18.1 Å². The molecule has 23 heavy (non-hydrogen) atoms. The molecule has 0 bridgehead atoms. The van der Waals surface area contributed by atoms with Gasteiger partial charge in [-0.1, -0.05) is 30.3 Å². The van der Waals surface area contributed by atoms with Gasteiger partial charge in [0.15, 0.2) is 0 Å². The summed E-state index contributed by atoms with van der Waals surface area (Å²) in [4.78, 5) is 12.4. The third-order valence-corrected chi connectivity index (χ3v) is 4.11. The summed E-state index contributed by atoms with van der Waals surface area (Å²) < 4.78 is 19.8. The van der Waals surface area contributed by atoms with Crippen molar-refractivity contribution in [2.45, 2.75) is 25.0 Å². The van der Waals surface area contributed by atoms with Gasteiger partial charge in [0.25, 0.3) is 0 Å². The molecule has 1 amide bonds. The molecule has 3 N–H and O–H groups in total. The monoisotopic (exact) mass is 314 g/mol. The third-order valence-electron chi connectivity index (χ3n) is 4.11. The molecule has 0 saturated carbocycles. The summed E-state index contributed by atoms with van der Waals surface area (Å²) in [6, 6.07) is 14.0. The van der Waals surface area contributed by atoms with E-state index in [0.717, 1.165) is 5.56 Å².